The van der Waals surface area contributed by atoms with Crippen LogP contribution < -0.4 is 5.32 Å². The Kier molecular flexibility index (Phi) is 1.66. The van der Waals surface area contributed by atoms with Crippen molar-refractivity contribution in [2.45, 2.75) is 19.3 Å². The molecule has 1 spiro atoms. The summed E-state index contributed by atoms with van der Waals surface area (Å²) in [6, 6.07) is 0. The highest BCUT2D eigenvalue weighted by molar-refractivity contribution is 4.90. The van der Waals surface area contributed by atoms with Crippen molar-refractivity contribution in [3.05, 3.63) is 0 Å². The Morgan fingerprint density at radius 1 is 1.30 bits per heavy atom. The van der Waals surface area contributed by atoms with E-state index in [9.17, 15) is 0 Å². The minimum Gasteiger partial charge on any atom is -0.380 e. The van der Waals surface area contributed by atoms with Crippen LogP contribution in [0.2, 0.25) is 0 Å². The van der Waals surface area contributed by atoms with Crippen molar-refractivity contribution in [1.82, 2.24) is 5.32 Å². The van der Waals surface area contributed by atoms with E-state index in [0.29, 0.717) is 5.41 Å². The quantitative estimate of drug-likeness (QED) is 0.538. The summed E-state index contributed by atoms with van der Waals surface area (Å²) in [7, 11) is 0. The number of hydrogen-bond donors (Lipinski definition) is 1. The maximum Gasteiger partial charge on any atom is 0.0591 e. The van der Waals surface area contributed by atoms with E-state index in [1.54, 1.807) is 0 Å². The SMILES string of the molecule is C1CC2(C1)CNCCOC2. The second-order valence-electron chi connectivity index (χ2n) is 3.58. The first-order valence-corrected chi connectivity index (χ1v) is 4.20. The van der Waals surface area contributed by atoms with Gasteiger partial charge in [0, 0.05) is 18.5 Å². The first kappa shape index (κ1) is 6.62. The molecule has 0 amide bonds. The fourth-order valence-electron chi connectivity index (χ4n) is 1.84. The van der Waals surface area contributed by atoms with Gasteiger partial charge in [-0.05, 0) is 12.8 Å². The van der Waals surface area contributed by atoms with Crippen molar-refractivity contribution in [1.29, 1.82) is 0 Å². The molecule has 1 aliphatic carbocycles. The van der Waals surface area contributed by atoms with Crippen molar-refractivity contribution >= 4 is 0 Å². The minimum absolute atomic E-state index is 0.552. The molecule has 1 N–H and O–H groups in total. The largest absolute Gasteiger partial charge is 0.380 e. The summed E-state index contributed by atoms with van der Waals surface area (Å²) < 4.78 is 5.49. The lowest BCUT2D eigenvalue weighted by Gasteiger charge is -2.40. The molecule has 0 unspecified atom stereocenters. The topological polar surface area (TPSA) is 21.3 Å². The van der Waals surface area contributed by atoms with Crippen LogP contribution in [0.5, 0.6) is 0 Å². The fraction of sp³-hybridized carbons (Fsp3) is 1.00. The van der Waals surface area contributed by atoms with E-state index in [2.05, 4.69) is 5.32 Å². The highest BCUT2D eigenvalue weighted by Crippen LogP contribution is 2.40. The summed E-state index contributed by atoms with van der Waals surface area (Å²) in [5, 5.41) is 3.42. The minimum atomic E-state index is 0.552. The summed E-state index contributed by atoms with van der Waals surface area (Å²) in [4.78, 5) is 0. The van der Waals surface area contributed by atoms with Crippen LogP contribution in [0.4, 0.5) is 0 Å². The van der Waals surface area contributed by atoms with Crippen LogP contribution in [0.1, 0.15) is 19.3 Å². The highest BCUT2D eigenvalue weighted by Gasteiger charge is 2.37. The molecular weight excluding hydrogens is 126 g/mol. The van der Waals surface area contributed by atoms with Crippen LogP contribution in [0.15, 0.2) is 0 Å². The molecule has 0 aromatic carbocycles. The van der Waals surface area contributed by atoms with Crippen molar-refractivity contribution in [3.8, 4) is 0 Å². The van der Waals surface area contributed by atoms with Crippen molar-refractivity contribution in [2.75, 3.05) is 26.3 Å². The maximum atomic E-state index is 5.49. The van der Waals surface area contributed by atoms with Gasteiger partial charge in [-0.2, -0.15) is 0 Å². The molecule has 0 radical (unpaired) electrons. The monoisotopic (exact) mass is 141 g/mol. The van der Waals surface area contributed by atoms with E-state index < -0.39 is 0 Å². The summed E-state index contributed by atoms with van der Waals surface area (Å²) >= 11 is 0. The predicted octanol–water partition coefficient (Wildman–Crippen LogP) is 0.776. The second kappa shape index (κ2) is 2.51. The van der Waals surface area contributed by atoms with E-state index in [1.165, 1.54) is 25.8 Å². The van der Waals surface area contributed by atoms with Crippen LogP contribution in [0.3, 0.4) is 0 Å². The molecule has 0 bridgehead atoms. The third kappa shape index (κ3) is 1.06. The fourth-order valence-corrected chi connectivity index (χ4v) is 1.84. The molecule has 0 aromatic rings. The van der Waals surface area contributed by atoms with E-state index in [1.807, 2.05) is 0 Å². The highest BCUT2D eigenvalue weighted by atomic mass is 16.5. The lowest BCUT2D eigenvalue weighted by atomic mass is 9.69. The van der Waals surface area contributed by atoms with Gasteiger partial charge >= 0.3 is 0 Å². The van der Waals surface area contributed by atoms with Gasteiger partial charge in [0.1, 0.15) is 0 Å². The van der Waals surface area contributed by atoms with Gasteiger partial charge in [-0.1, -0.05) is 6.42 Å². The van der Waals surface area contributed by atoms with Gasteiger partial charge in [-0.3, -0.25) is 0 Å². The van der Waals surface area contributed by atoms with Gasteiger partial charge in [-0.25, -0.2) is 0 Å². The van der Waals surface area contributed by atoms with E-state index in [4.69, 9.17) is 4.74 Å². The molecule has 1 aliphatic heterocycles. The second-order valence-corrected chi connectivity index (χ2v) is 3.58. The average molecular weight is 141 g/mol. The number of nitrogens with one attached hydrogen (secondary N) is 1. The van der Waals surface area contributed by atoms with Gasteiger partial charge < -0.3 is 10.1 Å². The van der Waals surface area contributed by atoms with Gasteiger partial charge in [0.25, 0.3) is 0 Å². The van der Waals surface area contributed by atoms with Crippen LogP contribution in [0.25, 0.3) is 0 Å². The molecule has 1 heterocycles. The molecule has 0 aromatic heterocycles. The van der Waals surface area contributed by atoms with Crippen molar-refractivity contribution < 1.29 is 4.74 Å². The van der Waals surface area contributed by atoms with Crippen LogP contribution in [0, 0.1) is 5.41 Å². The Balaban J connectivity index is 1.92. The summed E-state index contributed by atoms with van der Waals surface area (Å²) in [5.74, 6) is 0. The molecule has 2 nitrogen and oxygen atoms in total. The van der Waals surface area contributed by atoms with Crippen molar-refractivity contribution in [3.63, 3.8) is 0 Å². The molecule has 10 heavy (non-hydrogen) atoms. The Labute approximate surface area is 61.9 Å². The van der Waals surface area contributed by atoms with Crippen molar-refractivity contribution in [2.24, 2.45) is 5.41 Å². The number of rotatable bonds is 0. The third-order valence-electron chi connectivity index (χ3n) is 2.75. The molecule has 58 valence electrons. The summed E-state index contributed by atoms with van der Waals surface area (Å²) in [6.45, 7) is 4.14. The molecule has 0 atom stereocenters. The molecule has 2 heteroatoms. The third-order valence-corrected chi connectivity index (χ3v) is 2.75. The molecule has 1 saturated heterocycles. The standard InChI is InChI=1S/C8H15NO/c1-2-8(3-1)6-9-4-5-10-7-8/h9H,1-7H2. The Morgan fingerprint density at radius 3 is 2.90 bits per heavy atom. The molecule has 2 rings (SSSR count). The van der Waals surface area contributed by atoms with Crippen LogP contribution in [-0.2, 0) is 4.74 Å². The van der Waals surface area contributed by atoms with Crippen LogP contribution >= 0.6 is 0 Å². The predicted molar refractivity (Wildman–Crippen MR) is 40.0 cm³/mol. The lowest BCUT2D eigenvalue weighted by molar-refractivity contribution is 0.0177. The zero-order valence-electron chi connectivity index (χ0n) is 6.36. The van der Waals surface area contributed by atoms with E-state index in [-0.39, 0.29) is 0 Å². The maximum absolute atomic E-state index is 5.49. The number of hydrogen-bond acceptors (Lipinski definition) is 2. The van der Waals surface area contributed by atoms with Gasteiger partial charge in [-0.15, -0.1) is 0 Å². The van der Waals surface area contributed by atoms with Gasteiger partial charge in [0.15, 0.2) is 0 Å². The van der Waals surface area contributed by atoms with E-state index >= 15 is 0 Å². The molecular formula is C8H15NO. The van der Waals surface area contributed by atoms with E-state index in [0.717, 1.165) is 19.8 Å². The summed E-state index contributed by atoms with van der Waals surface area (Å²) in [6.07, 6.45) is 4.16. The van der Waals surface area contributed by atoms with Gasteiger partial charge in [0.2, 0.25) is 0 Å². The number of ether oxygens (including phenoxy) is 1. The normalized spacial score (nSPS) is 31.2. The smallest absolute Gasteiger partial charge is 0.0591 e. The first-order valence-electron chi connectivity index (χ1n) is 4.20. The molecule has 2 aliphatic rings. The Morgan fingerprint density at radius 2 is 2.20 bits per heavy atom. The zero-order chi connectivity index (χ0) is 6.86. The molecule has 1 saturated carbocycles. The van der Waals surface area contributed by atoms with Gasteiger partial charge in [0.05, 0.1) is 13.2 Å². The average Bonchev–Trinajstić information content (AvgIpc) is 2.08. The lowest BCUT2D eigenvalue weighted by Crippen LogP contribution is -2.41. The van der Waals surface area contributed by atoms with Crippen LogP contribution in [-0.4, -0.2) is 26.3 Å². The Hall–Kier alpha value is -0.0800. The summed E-state index contributed by atoms with van der Waals surface area (Å²) in [5.41, 5.74) is 0.552. The molecule has 2 fully saturated rings. The first-order chi connectivity index (χ1) is 4.91. The Bertz CT molecular complexity index is 110. The zero-order valence-corrected chi connectivity index (χ0v) is 6.36.